The summed E-state index contributed by atoms with van der Waals surface area (Å²) in [6, 6.07) is 7.99. The van der Waals surface area contributed by atoms with E-state index < -0.39 is 0 Å². The number of nitrogens with one attached hydrogen (secondary N) is 1. The average Bonchev–Trinajstić information content (AvgIpc) is 3.05. The predicted molar refractivity (Wildman–Crippen MR) is 110 cm³/mol. The number of halogens is 2. The number of carbonyl (C=O) groups excluding carboxylic acids is 1. The highest BCUT2D eigenvalue weighted by Crippen LogP contribution is 2.28. The Kier molecular flexibility index (Phi) is 9.21. The fourth-order valence-corrected chi connectivity index (χ4v) is 3.62. The summed E-state index contributed by atoms with van der Waals surface area (Å²) in [4.78, 5) is 19.1. The van der Waals surface area contributed by atoms with Crippen molar-refractivity contribution < 1.29 is 4.79 Å². The lowest BCUT2D eigenvalue weighted by molar-refractivity contribution is 0.102. The number of thiazole rings is 1. The number of para-hydroxylation sites is 2. The van der Waals surface area contributed by atoms with E-state index in [1.54, 1.807) is 5.38 Å². The van der Waals surface area contributed by atoms with Crippen LogP contribution in [0.4, 0.5) is 11.4 Å². The first-order valence-electron chi connectivity index (χ1n) is 8.08. The number of amides is 1. The molecular formula is C17H24Cl2N4OS. The molecule has 0 bridgehead atoms. The summed E-state index contributed by atoms with van der Waals surface area (Å²) in [6.07, 6.45) is 4.41. The van der Waals surface area contributed by atoms with E-state index >= 15 is 0 Å². The van der Waals surface area contributed by atoms with Crippen LogP contribution >= 0.6 is 36.2 Å². The molecule has 2 aromatic rings. The summed E-state index contributed by atoms with van der Waals surface area (Å²) in [5.74, 6) is -0.158. The van der Waals surface area contributed by atoms with Gasteiger partial charge in [0.1, 0.15) is 5.69 Å². The van der Waals surface area contributed by atoms with Gasteiger partial charge in [-0.05, 0) is 37.9 Å². The Hall–Kier alpha value is -1.34. The molecule has 25 heavy (non-hydrogen) atoms. The molecule has 0 atom stereocenters. The van der Waals surface area contributed by atoms with Crippen molar-refractivity contribution in [3.05, 3.63) is 40.3 Å². The molecule has 0 spiro atoms. The van der Waals surface area contributed by atoms with Crippen molar-refractivity contribution in [1.29, 1.82) is 0 Å². The van der Waals surface area contributed by atoms with Crippen LogP contribution in [0.3, 0.4) is 0 Å². The van der Waals surface area contributed by atoms with Crippen LogP contribution in [0.5, 0.6) is 0 Å². The molecule has 1 saturated heterocycles. The molecule has 138 valence electrons. The second-order valence-corrected chi connectivity index (χ2v) is 6.63. The van der Waals surface area contributed by atoms with E-state index in [0.717, 1.165) is 29.5 Å². The molecule has 3 rings (SSSR count). The van der Waals surface area contributed by atoms with E-state index in [9.17, 15) is 4.79 Å². The number of aromatic nitrogens is 1. The zero-order valence-electron chi connectivity index (χ0n) is 13.9. The monoisotopic (exact) mass is 402 g/mol. The van der Waals surface area contributed by atoms with Crippen molar-refractivity contribution in [3.8, 4) is 0 Å². The van der Waals surface area contributed by atoms with Crippen LogP contribution in [0.1, 0.15) is 34.8 Å². The van der Waals surface area contributed by atoms with Crippen LogP contribution < -0.4 is 16.0 Å². The van der Waals surface area contributed by atoms with Gasteiger partial charge in [0.15, 0.2) is 0 Å². The van der Waals surface area contributed by atoms with Crippen molar-refractivity contribution in [3.63, 3.8) is 0 Å². The number of nitrogens with zero attached hydrogens (tertiary/aromatic N) is 2. The number of carbonyl (C=O) groups is 1. The molecule has 2 heterocycles. The fourth-order valence-electron chi connectivity index (χ4n) is 2.83. The van der Waals surface area contributed by atoms with E-state index in [1.807, 2.05) is 18.2 Å². The van der Waals surface area contributed by atoms with Crippen LogP contribution in [-0.4, -0.2) is 30.5 Å². The summed E-state index contributed by atoms with van der Waals surface area (Å²) < 4.78 is 0. The van der Waals surface area contributed by atoms with Gasteiger partial charge in [0, 0.05) is 24.9 Å². The quantitative estimate of drug-likeness (QED) is 0.798. The van der Waals surface area contributed by atoms with Gasteiger partial charge < -0.3 is 16.0 Å². The van der Waals surface area contributed by atoms with Crippen LogP contribution in [0.15, 0.2) is 29.6 Å². The lowest BCUT2D eigenvalue weighted by Crippen LogP contribution is -2.30. The molecule has 1 aromatic carbocycles. The summed E-state index contributed by atoms with van der Waals surface area (Å²) >= 11 is 1.48. The van der Waals surface area contributed by atoms with Crippen LogP contribution in [0.25, 0.3) is 0 Å². The highest BCUT2D eigenvalue weighted by molar-refractivity contribution is 7.09. The maximum atomic E-state index is 12.4. The Labute approximate surface area is 164 Å². The summed E-state index contributed by atoms with van der Waals surface area (Å²) in [5.41, 5.74) is 7.95. The molecule has 0 unspecified atom stereocenters. The molecule has 8 heteroatoms. The smallest absolute Gasteiger partial charge is 0.275 e. The maximum absolute atomic E-state index is 12.4. The Bertz CT molecular complexity index is 674. The first kappa shape index (κ1) is 21.7. The molecule has 1 fully saturated rings. The molecule has 1 aliphatic heterocycles. The molecule has 1 amide bonds. The predicted octanol–water partition coefficient (Wildman–Crippen LogP) is 3.73. The normalized spacial score (nSPS) is 13.6. The first-order valence-corrected chi connectivity index (χ1v) is 8.95. The van der Waals surface area contributed by atoms with Gasteiger partial charge in [0.2, 0.25) is 0 Å². The minimum atomic E-state index is -0.158. The number of benzene rings is 1. The number of anilines is 2. The van der Waals surface area contributed by atoms with Gasteiger partial charge in [0.05, 0.1) is 16.4 Å². The molecule has 1 aliphatic rings. The minimum Gasteiger partial charge on any atom is -0.370 e. The first-order chi connectivity index (χ1) is 11.3. The van der Waals surface area contributed by atoms with Gasteiger partial charge in [-0.3, -0.25) is 4.79 Å². The highest BCUT2D eigenvalue weighted by Gasteiger charge is 2.17. The van der Waals surface area contributed by atoms with Crippen molar-refractivity contribution in [2.45, 2.75) is 25.7 Å². The van der Waals surface area contributed by atoms with Gasteiger partial charge in [0.25, 0.3) is 5.91 Å². The fraction of sp³-hybridized carbons (Fsp3) is 0.412. The van der Waals surface area contributed by atoms with Crippen molar-refractivity contribution >= 4 is 53.4 Å². The van der Waals surface area contributed by atoms with Crippen LogP contribution in [0, 0.1) is 0 Å². The summed E-state index contributed by atoms with van der Waals surface area (Å²) in [5, 5.41) is 5.71. The van der Waals surface area contributed by atoms with Crippen LogP contribution in [-0.2, 0) is 6.42 Å². The maximum Gasteiger partial charge on any atom is 0.275 e. The lowest BCUT2D eigenvalue weighted by atomic mass is 10.1. The standard InChI is InChI=1S/C17H22N4OS.2ClH/c18-9-8-16-19-14(12-23-16)17(22)20-13-6-2-3-7-15(13)21-10-4-1-5-11-21;;/h2-3,6-7,12H,1,4-5,8-11,18H2,(H,20,22);2*1H. The SMILES string of the molecule is Cl.Cl.NCCc1nc(C(=O)Nc2ccccc2N2CCCCC2)cs1. The molecular weight excluding hydrogens is 379 g/mol. The van der Waals surface area contributed by atoms with E-state index in [1.165, 1.54) is 30.6 Å². The van der Waals surface area contributed by atoms with Crippen molar-refractivity contribution in [1.82, 2.24) is 4.98 Å². The summed E-state index contributed by atoms with van der Waals surface area (Å²) in [7, 11) is 0. The Balaban J connectivity index is 0.00000156. The number of piperidine rings is 1. The van der Waals surface area contributed by atoms with E-state index in [-0.39, 0.29) is 30.7 Å². The number of nitrogens with two attached hydrogens (primary N) is 1. The third-order valence-corrected chi connectivity index (χ3v) is 4.90. The second kappa shape index (κ2) is 10.6. The topological polar surface area (TPSA) is 71.2 Å². The van der Waals surface area contributed by atoms with Gasteiger partial charge in [-0.25, -0.2) is 4.98 Å². The molecule has 0 saturated carbocycles. The third-order valence-electron chi connectivity index (χ3n) is 3.99. The van der Waals surface area contributed by atoms with Gasteiger partial charge in [-0.2, -0.15) is 0 Å². The summed E-state index contributed by atoms with van der Waals surface area (Å²) in [6.45, 7) is 2.64. The Morgan fingerprint density at radius 2 is 1.92 bits per heavy atom. The molecule has 3 N–H and O–H groups in total. The van der Waals surface area contributed by atoms with E-state index in [4.69, 9.17) is 5.73 Å². The van der Waals surface area contributed by atoms with Gasteiger partial charge in [-0.15, -0.1) is 36.2 Å². The largest absolute Gasteiger partial charge is 0.370 e. The molecule has 5 nitrogen and oxygen atoms in total. The Morgan fingerprint density at radius 3 is 2.64 bits per heavy atom. The second-order valence-electron chi connectivity index (χ2n) is 5.68. The molecule has 0 radical (unpaired) electrons. The van der Waals surface area contributed by atoms with Crippen LogP contribution in [0.2, 0.25) is 0 Å². The molecule has 0 aliphatic carbocycles. The highest BCUT2D eigenvalue weighted by atomic mass is 35.5. The van der Waals surface area contributed by atoms with Crippen molar-refractivity contribution in [2.24, 2.45) is 5.73 Å². The number of hydrogen-bond acceptors (Lipinski definition) is 5. The van der Waals surface area contributed by atoms with Crippen molar-refractivity contribution in [2.75, 3.05) is 29.9 Å². The average molecular weight is 403 g/mol. The third kappa shape index (κ3) is 5.57. The van der Waals surface area contributed by atoms with Gasteiger partial charge >= 0.3 is 0 Å². The van der Waals surface area contributed by atoms with Gasteiger partial charge in [-0.1, -0.05) is 12.1 Å². The van der Waals surface area contributed by atoms with E-state index in [0.29, 0.717) is 18.7 Å². The zero-order chi connectivity index (χ0) is 16.1. The lowest BCUT2D eigenvalue weighted by Gasteiger charge is -2.30. The minimum absolute atomic E-state index is 0. The Morgan fingerprint density at radius 1 is 1.20 bits per heavy atom. The van der Waals surface area contributed by atoms with E-state index in [2.05, 4.69) is 21.3 Å². The molecule has 1 aromatic heterocycles. The zero-order valence-corrected chi connectivity index (χ0v) is 16.4. The number of hydrogen-bond donors (Lipinski definition) is 2. The number of rotatable bonds is 5.